The molecule has 0 radical (unpaired) electrons. The topological polar surface area (TPSA) is 105 Å². The first kappa shape index (κ1) is 19.4. The van der Waals surface area contributed by atoms with E-state index in [0.717, 1.165) is 12.1 Å². The highest BCUT2D eigenvalue weighted by molar-refractivity contribution is 5.85. The number of nitrogens with zero attached hydrogens (tertiary/aromatic N) is 4. The lowest BCUT2D eigenvalue weighted by Crippen LogP contribution is -2.10. The summed E-state index contributed by atoms with van der Waals surface area (Å²) in [4.78, 5) is 12.4. The summed E-state index contributed by atoms with van der Waals surface area (Å²) in [6.07, 6.45) is 0. The van der Waals surface area contributed by atoms with Gasteiger partial charge in [0.2, 0.25) is 5.95 Å². The van der Waals surface area contributed by atoms with Gasteiger partial charge in [-0.2, -0.15) is 18.7 Å². The molecule has 11 heteroatoms. The maximum absolute atomic E-state index is 13.9. The predicted molar refractivity (Wildman–Crippen MR) is 102 cm³/mol. The summed E-state index contributed by atoms with van der Waals surface area (Å²) in [6.45, 7) is -1.35. The van der Waals surface area contributed by atoms with Gasteiger partial charge in [0.1, 0.15) is 17.4 Å². The molecular weight excluding hydrogens is 404 g/mol. The first-order valence-corrected chi connectivity index (χ1v) is 8.57. The minimum atomic E-state index is -2.97. The molecule has 7 nitrogen and oxygen atoms in total. The number of imidazole rings is 1. The number of aryl methyl sites for hydroxylation is 1. The van der Waals surface area contributed by atoms with Crippen LogP contribution in [0.2, 0.25) is 0 Å². The molecule has 0 fully saturated rings. The summed E-state index contributed by atoms with van der Waals surface area (Å²) in [5, 5.41) is 0. The molecular formula is C19H14F4N6O. The molecule has 0 spiro atoms. The fourth-order valence-electron chi connectivity index (χ4n) is 3.19. The van der Waals surface area contributed by atoms with Crippen molar-refractivity contribution in [2.45, 2.75) is 13.5 Å². The molecule has 0 aliphatic carbocycles. The first-order valence-electron chi connectivity index (χ1n) is 8.57. The zero-order valence-corrected chi connectivity index (χ0v) is 15.4. The standard InChI is InChI=1S/C19H14F4N6O/c1-8-26-13-6-11(20)12(21)7-14(13)29(8)17-15(16(24)27-19(25)28-17)9-2-4-10(5-3-9)30-18(22)23/h2-7,18H,1H3,(H4,24,25,27,28). The number of rotatable bonds is 4. The molecule has 0 unspecified atom stereocenters. The lowest BCUT2D eigenvalue weighted by Gasteiger charge is -2.15. The lowest BCUT2D eigenvalue weighted by atomic mass is 10.1. The van der Waals surface area contributed by atoms with Crippen molar-refractivity contribution in [1.29, 1.82) is 0 Å². The molecule has 4 aromatic rings. The van der Waals surface area contributed by atoms with Crippen molar-refractivity contribution in [2.75, 3.05) is 11.5 Å². The fourth-order valence-corrected chi connectivity index (χ4v) is 3.19. The fraction of sp³-hybridized carbons (Fsp3) is 0.105. The summed E-state index contributed by atoms with van der Waals surface area (Å²) in [5.74, 6) is -1.75. The van der Waals surface area contributed by atoms with Gasteiger partial charge < -0.3 is 16.2 Å². The number of benzene rings is 2. The number of fused-ring (bicyclic) bond motifs is 1. The number of alkyl halides is 2. The maximum Gasteiger partial charge on any atom is 0.387 e. The van der Waals surface area contributed by atoms with Gasteiger partial charge in [-0.1, -0.05) is 12.1 Å². The molecule has 0 atom stereocenters. The summed E-state index contributed by atoms with van der Waals surface area (Å²) in [5.41, 5.74) is 13.1. The van der Waals surface area contributed by atoms with Crippen LogP contribution in [0.15, 0.2) is 36.4 Å². The second-order valence-electron chi connectivity index (χ2n) is 6.32. The van der Waals surface area contributed by atoms with Crippen molar-refractivity contribution in [3.8, 4) is 22.7 Å². The zero-order chi connectivity index (χ0) is 21.6. The summed E-state index contributed by atoms with van der Waals surface area (Å²) in [6, 6.07) is 7.59. The highest BCUT2D eigenvalue weighted by atomic mass is 19.3. The Hall–Kier alpha value is -3.89. The minimum Gasteiger partial charge on any atom is -0.435 e. The third-order valence-corrected chi connectivity index (χ3v) is 4.38. The Bertz CT molecular complexity index is 1260. The Balaban J connectivity index is 1.95. The molecule has 154 valence electrons. The van der Waals surface area contributed by atoms with E-state index in [1.54, 1.807) is 6.92 Å². The van der Waals surface area contributed by atoms with E-state index in [1.165, 1.54) is 28.8 Å². The van der Waals surface area contributed by atoms with E-state index in [-0.39, 0.29) is 34.4 Å². The maximum atomic E-state index is 13.9. The summed E-state index contributed by atoms with van der Waals surface area (Å²) in [7, 11) is 0. The van der Waals surface area contributed by atoms with Gasteiger partial charge >= 0.3 is 6.61 Å². The van der Waals surface area contributed by atoms with Crippen LogP contribution in [0, 0.1) is 18.6 Å². The molecule has 0 aliphatic rings. The van der Waals surface area contributed by atoms with Gasteiger partial charge in [0.05, 0.1) is 16.6 Å². The quantitative estimate of drug-likeness (QED) is 0.488. The van der Waals surface area contributed by atoms with Crippen LogP contribution in [0.3, 0.4) is 0 Å². The zero-order valence-electron chi connectivity index (χ0n) is 15.4. The second-order valence-corrected chi connectivity index (χ2v) is 6.32. The molecule has 4 rings (SSSR count). The molecule has 0 saturated carbocycles. The second kappa shape index (κ2) is 7.17. The van der Waals surface area contributed by atoms with Crippen molar-refractivity contribution < 1.29 is 22.3 Å². The first-order chi connectivity index (χ1) is 14.2. The Labute approximate surface area is 166 Å². The number of hydrogen-bond donors (Lipinski definition) is 2. The summed E-state index contributed by atoms with van der Waals surface area (Å²) < 4.78 is 58.2. The number of nitrogen functional groups attached to an aromatic ring is 2. The molecule has 2 aromatic carbocycles. The largest absolute Gasteiger partial charge is 0.435 e. The van der Waals surface area contributed by atoms with Crippen molar-refractivity contribution in [2.24, 2.45) is 0 Å². The van der Waals surface area contributed by atoms with Gasteiger partial charge in [0, 0.05) is 12.1 Å². The van der Waals surface area contributed by atoms with Gasteiger partial charge in [-0.05, 0) is 24.6 Å². The SMILES string of the molecule is Cc1nc2cc(F)c(F)cc2n1-c1nc(N)nc(N)c1-c1ccc(OC(F)F)cc1. The van der Waals surface area contributed by atoms with Crippen molar-refractivity contribution in [3.05, 3.63) is 53.9 Å². The Morgan fingerprint density at radius 1 is 0.967 bits per heavy atom. The van der Waals surface area contributed by atoms with Crippen LogP contribution in [0.1, 0.15) is 5.82 Å². The normalized spacial score (nSPS) is 11.4. The van der Waals surface area contributed by atoms with E-state index in [2.05, 4.69) is 19.7 Å². The van der Waals surface area contributed by atoms with E-state index < -0.39 is 18.2 Å². The lowest BCUT2D eigenvalue weighted by molar-refractivity contribution is -0.0498. The Morgan fingerprint density at radius 3 is 2.30 bits per heavy atom. The molecule has 0 bridgehead atoms. The van der Waals surface area contributed by atoms with Crippen LogP contribution in [0.4, 0.5) is 29.3 Å². The molecule has 2 heterocycles. The molecule has 4 N–H and O–H groups in total. The van der Waals surface area contributed by atoms with Crippen LogP contribution in [0.25, 0.3) is 28.0 Å². The third kappa shape index (κ3) is 3.34. The molecule has 0 saturated heterocycles. The van der Waals surface area contributed by atoms with E-state index >= 15 is 0 Å². The van der Waals surface area contributed by atoms with E-state index in [0.29, 0.717) is 17.0 Å². The van der Waals surface area contributed by atoms with Gasteiger partial charge in [-0.25, -0.2) is 13.8 Å². The smallest absolute Gasteiger partial charge is 0.387 e. The molecule has 30 heavy (non-hydrogen) atoms. The van der Waals surface area contributed by atoms with Crippen LogP contribution in [0.5, 0.6) is 5.75 Å². The monoisotopic (exact) mass is 418 g/mol. The minimum absolute atomic E-state index is 0.00358. The van der Waals surface area contributed by atoms with E-state index in [1.807, 2.05) is 0 Å². The average Bonchev–Trinajstić information content (AvgIpc) is 2.96. The van der Waals surface area contributed by atoms with Crippen LogP contribution in [-0.2, 0) is 0 Å². The summed E-state index contributed by atoms with van der Waals surface area (Å²) >= 11 is 0. The van der Waals surface area contributed by atoms with Crippen LogP contribution >= 0.6 is 0 Å². The van der Waals surface area contributed by atoms with Gasteiger partial charge in [-0.3, -0.25) is 4.57 Å². The number of hydrogen-bond acceptors (Lipinski definition) is 6. The predicted octanol–water partition coefficient (Wildman–Crippen LogP) is 3.83. The van der Waals surface area contributed by atoms with Crippen LogP contribution in [-0.4, -0.2) is 26.1 Å². The number of aromatic nitrogens is 4. The molecule has 0 amide bonds. The van der Waals surface area contributed by atoms with Gasteiger partial charge in [0.25, 0.3) is 0 Å². The van der Waals surface area contributed by atoms with Crippen molar-refractivity contribution in [1.82, 2.24) is 19.5 Å². The third-order valence-electron chi connectivity index (χ3n) is 4.38. The number of ether oxygens (including phenoxy) is 1. The van der Waals surface area contributed by atoms with Gasteiger partial charge in [0.15, 0.2) is 17.5 Å². The van der Waals surface area contributed by atoms with Crippen molar-refractivity contribution >= 4 is 22.8 Å². The van der Waals surface area contributed by atoms with Crippen LogP contribution < -0.4 is 16.2 Å². The number of halogens is 4. The molecule has 2 aromatic heterocycles. The Morgan fingerprint density at radius 2 is 1.63 bits per heavy atom. The number of nitrogens with two attached hydrogens (primary N) is 2. The van der Waals surface area contributed by atoms with Crippen molar-refractivity contribution in [3.63, 3.8) is 0 Å². The highest BCUT2D eigenvalue weighted by Crippen LogP contribution is 2.34. The number of anilines is 2. The molecule has 0 aliphatic heterocycles. The Kier molecular flexibility index (Phi) is 4.65. The average molecular weight is 418 g/mol. The van der Waals surface area contributed by atoms with E-state index in [4.69, 9.17) is 11.5 Å². The van der Waals surface area contributed by atoms with E-state index in [9.17, 15) is 17.6 Å². The highest BCUT2D eigenvalue weighted by Gasteiger charge is 2.21. The van der Waals surface area contributed by atoms with Gasteiger partial charge in [-0.15, -0.1) is 0 Å².